The molecule has 0 saturated heterocycles. The van der Waals surface area contributed by atoms with Crippen LogP contribution in [0, 0.1) is 11.6 Å². The first-order valence-corrected chi connectivity index (χ1v) is 11.6. The maximum absolute atomic E-state index is 13.6. The van der Waals surface area contributed by atoms with E-state index in [0.717, 1.165) is 11.6 Å². The number of fused-ring (bicyclic) bond motifs is 1. The van der Waals surface area contributed by atoms with E-state index < -0.39 is 17.6 Å². The topological polar surface area (TPSA) is 60.8 Å². The van der Waals surface area contributed by atoms with Gasteiger partial charge in [-0.25, -0.2) is 13.6 Å². The van der Waals surface area contributed by atoms with Gasteiger partial charge in [-0.1, -0.05) is 6.07 Å². The Bertz CT molecular complexity index is 1190. The number of aromatic nitrogens is 1. The molecule has 0 unspecified atom stereocenters. The molecule has 0 radical (unpaired) electrons. The van der Waals surface area contributed by atoms with Crippen molar-refractivity contribution in [2.75, 3.05) is 26.8 Å². The molecule has 0 N–H and O–H groups in total. The molecule has 3 aromatic rings. The molecule has 0 bridgehead atoms. The van der Waals surface area contributed by atoms with Crippen molar-refractivity contribution in [2.24, 2.45) is 0 Å². The van der Waals surface area contributed by atoms with Gasteiger partial charge in [-0.2, -0.15) is 11.3 Å². The molecule has 33 heavy (non-hydrogen) atoms. The molecule has 6 nitrogen and oxygen atoms in total. The third-order valence-electron chi connectivity index (χ3n) is 5.69. The Hall–Kier alpha value is -3.04. The quantitative estimate of drug-likeness (QED) is 0.489. The number of hydrogen-bond donors (Lipinski definition) is 0. The maximum atomic E-state index is 13.6. The molecule has 3 heterocycles. The van der Waals surface area contributed by atoms with Gasteiger partial charge in [-0.3, -0.25) is 9.69 Å². The van der Waals surface area contributed by atoms with Crippen LogP contribution in [0.1, 0.15) is 27.2 Å². The first-order chi connectivity index (χ1) is 16.0. The van der Waals surface area contributed by atoms with Gasteiger partial charge in [0.05, 0.1) is 13.7 Å². The van der Waals surface area contributed by atoms with Crippen molar-refractivity contribution >= 4 is 17.3 Å². The largest absolute Gasteiger partial charge is 0.492 e. The van der Waals surface area contributed by atoms with Crippen LogP contribution in [0.3, 0.4) is 0 Å². The monoisotopic (exact) mass is 474 g/mol. The number of benzene rings is 1. The summed E-state index contributed by atoms with van der Waals surface area (Å²) >= 11 is 1.60. The van der Waals surface area contributed by atoms with Crippen LogP contribution in [0.25, 0.3) is 0 Å². The van der Waals surface area contributed by atoms with Crippen LogP contribution in [0.2, 0.25) is 0 Å². The zero-order chi connectivity index (χ0) is 23.4. The van der Waals surface area contributed by atoms with E-state index in [1.54, 1.807) is 22.0 Å². The van der Waals surface area contributed by atoms with Crippen molar-refractivity contribution in [3.8, 4) is 5.75 Å². The Kier molecular flexibility index (Phi) is 7.20. The highest BCUT2D eigenvalue weighted by molar-refractivity contribution is 7.07. The number of hydrogen-bond acceptors (Lipinski definition) is 6. The number of nitrogens with zero attached hydrogens (tertiary/aromatic N) is 2. The minimum absolute atomic E-state index is 0.224. The van der Waals surface area contributed by atoms with Crippen LogP contribution in [0.4, 0.5) is 8.78 Å². The Morgan fingerprint density at radius 3 is 2.67 bits per heavy atom. The summed E-state index contributed by atoms with van der Waals surface area (Å²) in [6, 6.07) is 7.18. The smallest absolute Gasteiger partial charge is 0.343 e. The Balaban J connectivity index is 1.56. The fraction of sp³-hybridized carbons (Fsp3) is 0.333. The fourth-order valence-corrected chi connectivity index (χ4v) is 4.70. The lowest BCUT2D eigenvalue weighted by molar-refractivity contribution is 0.0593. The summed E-state index contributed by atoms with van der Waals surface area (Å²) in [5, 5.41) is 4.01. The molecule has 0 atom stereocenters. The maximum Gasteiger partial charge on any atom is 0.343 e. The zero-order valence-corrected chi connectivity index (χ0v) is 19.0. The van der Waals surface area contributed by atoms with E-state index >= 15 is 0 Å². The second kappa shape index (κ2) is 10.3. The van der Waals surface area contributed by atoms with Gasteiger partial charge in [0, 0.05) is 50.8 Å². The summed E-state index contributed by atoms with van der Waals surface area (Å²) in [5.41, 5.74) is 2.33. The molecule has 0 fully saturated rings. The summed E-state index contributed by atoms with van der Waals surface area (Å²) in [6.45, 7) is 2.13. The Morgan fingerprint density at radius 2 is 1.94 bits per heavy atom. The number of esters is 1. The fourth-order valence-electron chi connectivity index (χ4n) is 4.00. The molecular formula is C24H24F2N2O4S. The van der Waals surface area contributed by atoms with Gasteiger partial charge in [0.25, 0.3) is 5.56 Å². The summed E-state index contributed by atoms with van der Waals surface area (Å²) in [6.07, 6.45) is 1.07. The van der Waals surface area contributed by atoms with E-state index in [1.807, 2.05) is 21.7 Å². The average Bonchev–Trinajstić information content (AvgIpc) is 3.23. The first-order valence-electron chi connectivity index (χ1n) is 10.6. The summed E-state index contributed by atoms with van der Waals surface area (Å²) in [5.74, 6) is -2.11. The van der Waals surface area contributed by atoms with Gasteiger partial charge in [-0.05, 0) is 40.1 Å². The highest BCUT2D eigenvalue weighted by Gasteiger charge is 2.26. The number of thiophene rings is 1. The molecule has 0 saturated carbocycles. The summed E-state index contributed by atoms with van der Waals surface area (Å²) < 4.78 is 39.3. The standard InChI is InChI=1S/C24H24F2N2O4S/c1-31-24(30)23-20-4-7-27(14-17-2-3-18(25)19(26)12-17)8-9-28(20)22(29)13-21(23)32-10-5-16-6-11-33-15-16/h2-3,6,11-13,15H,4-5,7-10,14H2,1H3. The number of pyridine rings is 1. The summed E-state index contributed by atoms with van der Waals surface area (Å²) in [4.78, 5) is 27.6. The molecule has 2 aromatic heterocycles. The predicted molar refractivity (Wildman–Crippen MR) is 121 cm³/mol. The minimum atomic E-state index is -0.890. The molecule has 0 spiro atoms. The van der Waals surface area contributed by atoms with Crippen molar-refractivity contribution in [1.82, 2.24) is 9.47 Å². The second-order valence-corrected chi connectivity index (χ2v) is 8.60. The lowest BCUT2D eigenvalue weighted by Gasteiger charge is -2.19. The Morgan fingerprint density at radius 1 is 1.09 bits per heavy atom. The van der Waals surface area contributed by atoms with Crippen molar-refractivity contribution in [3.63, 3.8) is 0 Å². The molecule has 4 rings (SSSR count). The summed E-state index contributed by atoms with van der Waals surface area (Å²) in [7, 11) is 1.30. The van der Waals surface area contributed by atoms with E-state index in [0.29, 0.717) is 56.9 Å². The number of rotatable bonds is 7. The normalized spacial score (nSPS) is 13.9. The molecule has 0 amide bonds. The first kappa shape index (κ1) is 23.1. The number of halogens is 2. The van der Waals surface area contributed by atoms with Gasteiger partial charge in [0.1, 0.15) is 11.3 Å². The number of carbonyl (C=O) groups is 1. The lowest BCUT2D eigenvalue weighted by Crippen LogP contribution is -2.29. The molecule has 0 aliphatic carbocycles. The highest BCUT2D eigenvalue weighted by Crippen LogP contribution is 2.25. The van der Waals surface area contributed by atoms with E-state index in [9.17, 15) is 18.4 Å². The molecule has 174 valence electrons. The Labute approximate surface area is 194 Å². The van der Waals surface area contributed by atoms with E-state index in [-0.39, 0.29) is 16.9 Å². The number of carbonyl (C=O) groups excluding carboxylic acids is 1. The highest BCUT2D eigenvalue weighted by atomic mass is 32.1. The molecule has 1 aliphatic heterocycles. The third-order valence-corrected chi connectivity index (χ3v) is 6.43. The van der Waals surface area contributed by atoms with Gasteiger partial charge in [0.15, 0.2) is 11.6 Å². The van der Waals surface area contributed by atoms with Crippen LogP contribution < -0.4 is 10.3 Å². The van der Waals surface area contributed by atoms with Crippen LogP contribution in [0.5, 0.6) is 5.75 Å². The zero-order valence-electron chi connectivity index (χ0n) is 18.2. The third kappa shape index (κ3) is 5.31. The van der Waals surface area contributed by atoms with Gasteiger partial charge >= 0.3 is 5.97 Å². The van der Waals surface area contributed by atoms with Gasteiger partial charge < -0.3 is 14.0 Å². The van der Waals surface area contributed by atoms with Crippen molar-refractivity contribution in [3.05, 3.63) is 85.5 Å². The van der Waals surface area contributed by atoms with Crippen molar-refractivity contribution in [2.45, 2.75) is 25.9 Å². The van der Waals surface area contributed by atoms with Crippen molar-refractivity contribution in [1.29, 1.82) is 0 Å². The van der Waals surface area contributed by atoms with E-state index in [1.165, 1.54) is 19.2 Å². The van der Waals surface area contributed by atoms with E-state index in [2.05, 4.69) is 0 Å². The van der Waals surface area contributed by atoms with Crippen molar-refractivity contribution < 1.29 is 23.0 Å². The second-order valence-electron chi connectivity index (χ2n) is 7.82. The average molecular weight is 475 g/mol. The lowest BCUT2D eigenvalue weighted by atomic mass is 10.1. The van der Waals surface area contributed by atoms with E-state index in [4.69, 9.17) is 9.47 Å². The molecule has 1 aliphatic rings. The minimum Gasteiger partial charge on any atom is -0.492 e. The predicted octanol–water partition coefficient (Wildman–Crippen LogP) is 3.65. The molecular weight excluding hydrogens is 450 g/mol. The number of ether oxygens (including phenoxy) is 2. The van der Waals surface area contributed by atoms with Crippen LogP contribution in [-0.2, 0) is 30.7 Å². The van der Waals surface area contributed by atoms with Crippen LogP contribution >= 0.6 is 11.3 Å². The van der Waals surface area contributed by atoms with Gasteiger partial charge in [0.2, 0.25) is 0 Å². The SMILES string of the molecule is COC(=O)c1c(OCCc2ccsc2)cc(=O)n2c1CCN(Cc1ccc(F)c(F)c1)CC2. The number of methoxy groups -OCH3 is 1. The van der Waals surface area contributed by atoms with Crippen LogP contribution in [0.15, 0.2) is 45.9 Å². The van der Waals surface area contributed by atoms with Gasteiger partial charge in [-0.15, -0.1) is 0 Å². The molecule has 1 aromatic carbocycles. The molecule has 9 heteroatoms. The van der Waals surface area contributed by atoms with Crippen LogP contribution in [-0.4, -0.2) is 42.2 Å².